The Labute approximate surface area is 150 Å². The van der Waals surface area contributed by atoms with Crippen molar-refractivity contribution in [2.45, 2.75) is 12.1 Å². The summed E-state index contributed by atoms with van der Waals surface area (Å²) in [7, 11) is 0. The summed E-state index contributed by atoms with van der Waals surface area (Å²) in [5, 5.41) is 0.606. The molecule has 0 spiro atoms. The molecule has 0 bridgehead atoms. The fraction of sp³-hybridized carbons (Fsp3) is 0.158. The average Bonchev–Trinajstić information content (AvgIpc) is 2.59. The number of aromatic nitrogens is 2. The third-order valence-electron chi connectivity index (χ3n) is 3.22. The summed E-state index contributed by atoms with van der Waals surface area (Å²) in [6.07, 6.45) is 0. The third kappa shape index (κ3) is 5.39. The highest BCUT2D eigenvalue weighted by Gasteiger charge is 2.02. The van der Waals surface area contributed by atoms with Crippen molar-refractivity contribution in [2.75, 3.05) is 12.4 Å². The Hall–Kier alpha value is -2.73. The van der Waals surface area contributed by atoms with Crippen molar-refractivity contribution in [3.63, 3.8) is 0 Å². The molecule has 3 aromatic rings. The van der Waals surface area contributed by atoms with Crippen LogP contribution in [-0.4, -0.2) is 22.3 Å². The van der Waals surface area contributed by atoms with Crippen LogP contribution in [0.1, 0.15) is 5.69 Å². The second-order valence-electron chi connectivity index (χ2n) is 5.28. The summed E-state index contributed by atoms with van der Waals surface area (Å²) in [5.41, 5.74) is 0.569. The van der Waals surface area contributed by atoms with Crippen molar-refractivity contribution in [3.8, 4) is 17.2 Å². The number of ether oxygens (including phenoxy) is 2. The Morgan fingerprint density at radius 1 is 1.00 bits per heavy atom. The predicted octanol–water partition coefficient (Wildman–Crippen LogP) is 4.04. The van der Waals surface area contributed by atoms with Gasteiger partial charge in [0.15, 0.2) is 5.16 Å². The number of rotatable bonds is 7. The largest absolute Gasteiger partial charge is 0.493 e. The maximum Gasteiger partial charge on any atom is 0.251 e. The monoisotopic (exact) mass is 354 g/mol. The first-order valence-corrected chi connectivity index (χ1v) is 8.84. The zero-order chi connectivity index (χ0) is 17.5. The lowest BCUT2D eigenvalue weighted by atomic mass is 10.3. The van der Waals surface area contributed by atoms with Gasteiger partial charge in [-0.25, -0.2) is 4.98 Å². The number of aromatic amines is 1. The summed E-state index contributed by atoms with van der Waals surface area (Å²) in [4.78, 5) is 18.4. The number of para-hydroxylation sites is 1. The maximum atomic E-state index is 11.4. The molecule has 1 N–H and O–H groups in total. The summed E-state index contributed by atoms with van der Waals surface area (Å²) >= 11 is 1.45. The number of nitrogens with zero attached hydrogens (tertiary/aromatic N) is 1. The van der Waals surface area contributed by atoms with E-state index < -0.39 is 0 Å². The molecule has 0 saturated heterocycles. The van der Waals surface area contributed by atoms with Crippen LogP contribution in [0.15, 0.2) is 70.6 Å². The molecule has 6 heteroatoms. The molecule has 0 fully saturated rings. The van der Waals surface area contributed by atoms with Gasteiger partial charge in [-0.1, -0.05) is 36.0 Å². The van der Waals surface area contributed by atoms with Gasteiger partial charge in [0.05, 0.1) is 6.61 Å². The molecule has 0 radical (unpaired) electrons. The van der Waals surface area contributed by atoms with E-state index in [1.165, 1.54) is 17.8 Å². The summed E-state index contributed by atoms with van der Waals surface area (Å²) < 4.78 is 11.5. The van der Waals surface area contributed by atoms with E-state index in [9.17, 15) is 4.79 Å². The number of benzene rings is 2. The first-order valence-electron chi connectivity index (χ1n) is 7.85. The summed E-state index contributed by atoms with van der Waals surface area (Å²) in [6.45, 7) is 2.30. The highest BCUT2D eigenvalue weighted by molar-refractivity contribution is 7.99. The van der Waals surface area contributed by atoms with Crippen LogP contribution in [-0.2, 0) is 0 Å². The fourth-order valence-corrected chi connectivity index (χ4v) is 2.91. The number of nitrogens with one attached hydrogen (secondary N) is 1. The van der Waals surface area contributed by atoms with Crippen LogP contribution in [0.4, 0.5) is 0 Å². The van der Waals surface area contributed by atoms with Crippen molar-refractivity contribution < 1.29 is 9.47 Å². The highest BCUT2D eigenvalue weighted by Crippen LogP contribution is 2.25. The Kier molecular flexibility index (Phi) is 5.74. The van der Waals surface area contributed by atoms with Crippen molar-refractivity contribution >= 4 is 11.8 Å². The van der Waals surface area contributed by atoms with E-state index in [0.717, 1.165) is 17.2 Å². The van der Waals surface area contributed by atoms with Crippen LogP contribution in [0.2, 0.25) is 0 Å². The highest BCUT2D eigenvalue weighted by atomic mass is 32.2. The summed E-state index contributed by atoms with van der Waals surface area (Å²) in [6, 6.07) is 18.6. The maximum absolute atomic E-state index is 11.4. The second-order valence-corrected chi connectivity index (χ2v) is 6.36. The van der Waals surface area contributed by atoms with E-state index in [1.807, 2.05) is 54.6 Å². The zero-order valence-electron chi connectivity index (χ0n) is 13.8. The standard InChI is InChI=1S/C19H18N2O3S/c1-14-12-18(22)21-19(20-14)25-11-10-23-16-8-5-9-17(13-16)24-15-6-3-2-4-7-15/h2-9,12-13H,10-11H2,1H3,(H,20,21,22). The van der Waals surface area contributed by atoms with Crippen LogP contribution < -0.4 is 15.0 Å². The first kappa shape index (κ1) is 17.1. The molecular formula is C19H18N2O3S. The van der Waals surface area contributed by atoms with Gasteiger partial charge in [-0.2, -0.15) is 0 Å². The Balaban J connectivity index is 1.51. The molecule has 25 heavy (non-hydrogen) atoms. The number of H-pyrrole nitrogens is 1. The van der Waals surface area contributed by atoms with Crippen LogP contribution in [0.3, 0.4) is 0 Å². The fourth-order valence-electron chi connectivity index (χ4n) is 2.17. The van der Waals surface area contributed by atoms with Crippen LogP contribution >= 0.6 is 11.8 Å². The van der Waals surface area contributed by atoms with Gasteiger partial charge in [-0.3, -0.25) is 4.79 Å². The normalized spacial score (nSPS) is 10.4. The van der Waals surface area contributed by atoms with Gasteiger partial charge in [-0.05, 0) is 31.2 Å². The quantitative estimate of drug-likeness (QED) is 0.394. The molecule has 0 aliphatic carbocycles. The molecule has 5 nitrogen and oxygen atoms in total. The number of hydrogen-bond acceptors (Lipinski definition) is 5. The minimum absolute atomic E-state index is 0.137. The lowest BCUT2D eigenvalue weighted by Crippen LogP contribution is -2.09. The van der Waals surface area contributed by atoms with Crippen LogP contribution in [0.5, 0.6) is 17.2 Å². The average molecular weight is 354 g/mol. The minimum atomic E-state index is -0.137. The molecule has 1 aromatic heterocycles. The van der Waals surface area contributed by atoms with Crippen LogP contribution in [0, 0.1) is 6.92 Å². The molecule has 0 aliphatic heterocycles. The molecule has 0 unspecified atom stereocenters. The van der Waals surface area contributed by atoms with E-state index in [0.29, 0.717) is 23.2 Å². The van der Waals surface area contributed by atoms with Gasteiger partial charge in [0.2, 0.25) is 0 Å². The molecule has 2 aromatic carbocycles. The number of hydrogen-bond donors (Lipinski definition) is 1. The lowest BCUT2D eigenvalue weighted by Gasteiger charge is -2.09. The molecule has 0 aliphatic rings. The van der Waals surface area contributed by atoms with Crippen LogP contribution in [0.25, 0.3) is 0 Å². The Morgan fingerprint density at radius 2 is 1.76 bits per heavy atom. The topological polar surface area (TPSA) is 64.2 Å². The van der Waals surface area contributed by atoms with Crippen molar-refractivity contribution in [2.24, 2.45) is 0 Å². The van der Waals surface area contributed by atoms with E-state index in [2.05, 4.69) is 9.97 Å². The minimum Gasteiger partial charge on any atom is -0.493 e. The smallest absolute Gasteiger partial charge is 0.251 e. The lowest BCUT2D eigenvalue weighted by molar-refractivity contribution is 0.341. The third-order valence-corrected chi connectivity index (χ3v) is 4.06. The van der Waals surface area contributed by atoms with E-state index in [4.69, 9.17) is 9.47 Å². The Bertz CT molecular complexity index is 881. The van der Waals surface area contributed by atoms with Gasteiger partial charge < -0.3 is 14.5 Å². The molecule has 1 heterocycles. The zero-order valence-corrected chi connectivity index (χ0v) is 14.6. The molecule has 128 valence electrons. The number of thioether (sulfide) groups is 1. The first-order chi connectivity index (χ1) is 12.2. The SMILES string of the molecule is Cc1cc(=O)[nH]c(SCCOc2cccc(Oc3ccccc3)c2)n1. The molecule has 3 rings (SSSR count). The molecule has 0 atom stereocenters. The van der Waals surface area contributed by atoms with Gasteiger partial charge in [0, 0.05) is 23.6 Å². The Morgan fingerprint density at radius 3 is 2.56 bits per heavy atom. The second kappa shape index (κ2) is 8.39. The van der Waals surface area contributed by atoms with E-state index in [-0.39, 0.29) is 5.56 Å². The van der Waals surface area contributed by atoms with Gasteiger partial charge in [0.25, 0.3) is 5.56 Å². The molecule has 0 amide bonds. The summed E-state index contributed by atoms with van der Waals surface area (Å²) in [5.74, 6) is 2.92. The van der Waals surface area contributed by atoms with Gasteiger partial charge in [0.1, 0.15) is 17.2 Å². The van der Waals surface area contributed by atoms with Crippen molar-refractivity contribution in [1.29, 1.82) is 0 Å². The molecule has 0 saturated carbocycles. The van der Waals surface area contributed by atoms with Crippen molar-refractivity contribution in [1.82, 2.24) is 9.97 Å². The number of aryl methyl sites for hydroxylation is 1. The van der Waals surface area contributed by atoms with Crippen molar-refractivity contribution in [3.05, 3.63) is 76.7 Å². The predicted molar refractivity (Wildman–Crippen MR) is 98.8 cm³/mol. The van der Waals surface area contributed by atoms with E-state index >= 15 is 0 Å². The van der Waals surface area contributed by atoms with Gasteiger partial charge in [-0.15, -0.1) is 0 Å². The van der Waals surface area contributed by atoms with E-state index in [1.54, 1.807) is 6.92 Å². The van der Waals surface area contributed by atoms with Gasteiger partial charge >= 0.3 is 0 Å². The molecular weight excluding hydrogens is 336 g/mol.